The number of aryl methyl sites for hydroxylation is 1. The highest BCUT2D eigenvalue weighted by Gasteiger charge is 2.23. The normalized spacial score (nSPS) is 20.0. The zero-order valence-corrected chi connectivity index (χ0v) is 16.3. The Hall–Kier alpha value is -3.34. The second-order valence-corrected chi connectivity index (χ2v) is 6.90. The highest BCUT2D eigenvalue weighted by atomic mass is 16.5. The minimum atomic E-state index is -0.157. The number of ether oxygens (including phenoxy) is 1. The van der Waals surface area contributed by atoms with Crippen LogP contribution < -0.4 is 15.7 Å². The Bertz CT molecular complexity index is 1080. The standard InChI is InChI=1S/C23H22BN3O/c1-17-15-18(2)28-23-12-8-7-11-21(23)24(20-9-5-4-6-10-20)26-16-22(17)27-14-13-25-19(27)3/h4-16H,1-3H3/b18-15+,22-17+,26-16+. The molecule has 2 heterocycles. The lowest BCUT2D eigenvalue weighted by atomic mass is 9.51. The number of allylic oxidation sites excluding steroid dienone is 4. The molecule has 0 fully saturated rings. The Balaban J connectivity index is 1.92. The van der Waals surface area contributed by atoms with E-state index in [0.29, 0.717) is 0 Å². The molecule has 1 aromatic heterocycles. The van der Waals surface area contributed by atoms with E-state index in [4.69, 9.17) is 9.64 Å². The SMILES string of the molecule is C\C1=C/C(C)=C(n2ccnc2C)\C=N\B(c2ccccc2)c2ccccc2O1. The number of benzene rings is 2. The molecule has 28 heavy (non-hydrogen) atoms. The molecule has 0 spiro atoms. The van der Waals surface area contributed by atoms with Gasteiger partial charge in [-0.05, 0) is 49.4 Å². The third kappa shape index (κ3) is 3.56. The molecule has 2 aromatic carbocycles. The fourth-order valence-corrected chi connectivity index (χ4v) is 3.49. The minimum absolute atomic E-state index is 0.157. The van der Waals surface area contributed by atoms with Gasteiger partial charge in [0, 0.05) is 18.6 Å². The number of imidazole rings is 1. The van der Waals surface area contributed by atoms with E-state index in [0.717, 1.165) is 39.5 Å². The van der Waals surface area contributed by atoms with E-state index < -0.39 is 0 Å². The topological polar surface area (TPSA) is 39.4 Å². The molecule has 0 amide bonds. The lowest BCUT2D eigenvalue weighted by molar-refractivity contribution is 0.430. The Morgan fingerprint density at radius 3 is 2.43 bits per heavy atom. The van der Waals surface area contributed by atoms with Crippen molar-refractivity contribution < 1.29 is 4.74 Å². The van der Waals surface area contributed by atoms with E-state index in [-0.39, 0.29) is 6.85 Å². The van der Waals surface area contributed by atoms with Crippen LogP contribution in [0.2, 0.25) is 0 Å². The van der Waals surface area contributed by atoms with Crippen molar-refractivity contribution in [2.24, 2.45) is 4.90 Å². The lowest BCUT2D eigenvalue weighted by Crippen LogP contribution is -2.41. The largest absolute Gasteiger partial charge is 0.462 e. The van der Waals surface area contributed by atoms with Crippen molar-refractivity contribution in [1.29, 1.82) is 0 Å². The predicted molar refractivity (Wildman–Crippen MR) is 117 cm³/mol. The van der Waals surface area contributed by atoms with Crippen molar-refractivity contribution in [3.05, 3.63) is 90.2 Å². The van der Waals surface area contributed by atoms with Gasteiger partial charge in [0.05, 0.1) is 5.70 Å². The first-order valence-corrected chi connectivity index (χ1v) is 9.38. The maximum absolute atomic E-state index is 6.22. The molecule has 0 saturated heterocycles. The van der Waals surface area contributed by atoms with Gasteiger partial charge in [-0.15, -0.1) is 0 Å². The molecule has 0 bridgehead atoms. The lowest BCUT2D eigenvalue weighted by Gasteiger charge is -2.18. The van der Waals surface area contributed by atoms with Crippen molar-refractivity contribution >= 4 is 29.7 Å². The highest BCUT2D eigenvalue weighted by Crippen LogP contribution is 2.19. The number of para-hydroxylation sites is 1. The zero-order chi connectivity index (χ0) is 19.5. The highest BCUT2D eigenvalue weighted by molar-refractivity contribution is 6.85. The fraction of sp³-hybridized carbons (Fsp3) is 0.130. The van der Waals surface area contributed by atoms with Crippen LogP contribution in [0.4, 0.5) is 0 Å². The van der Waals surface area contributed by atoms with Gasteiger partial charge < -0.3 is 14.2 Å². The monoisotopic (exact) mass is 367 g/mol. The van der Waals surface area contributed by atoms with Crippen LogP contribution in [0, 0.1) is 6.92 Å². The summed E-state index contributed by atoms with van der Waals surface area (Å²) in [6.45, 7) is 5.88. The smallest absolute Gasteiger partial charge is 0.348 e. The molecule has 4 nitrogen and oxygen atoms in total. The summed E-state index contributed by atoms with van der Waals surface area (Å²) in [5, 5.41) is 0. The van der Waals surface area contributed by atoms with Gasteiger partial charge in [0.2, 0.25) is 0 Å². The van der Waals surface area contributed by atoms with Gasteiger partial charge in [-0.25, -0.2) is 4.98 Å². The summed E-state index contributed by atoms with van der Waals surface area (Å²) in [6.07, 6.45) is 7.76. The Morgan fingerprint density at radius 2 is 1.68 bits per heavy atom. The number of hydrogen-bond donors (Lipinski definition) is 0. The van der Waals surface area contributed by atoms with Crippen LogP contribution in [0.25, 0.3) is 5.70 Å². The van der Waals surface area contributed by atoms with Gasteiger partial charge in [-0.3, -0.25) is 0 Å². The first-order valence-electron chi connectivity index (χ1n) is 9.38. The maximum Gasteiger partial charge on any atom is 0.348 e. The summed E-state index contributed by atoms with van der Waals surface area (Å²) in [5.41, 5.74) is 4.21. The van der Waals surface area contributed by atoms with Crippen LogP contribution in [0.15, 0.2) is 89.3 Å². The third-order valence-electron chi connectivity index (χ3n) is 4.85. The maximum atomic E-state index is 6.22. The first-order chi connectivity index (χ1) is 13.6. The molecule has 1 aliphatic rings. The van der Waals surface area contributed by atoms with Crippen molar-refractivity contribution in [3.8, 4) is 5.75 Å². The summed E-state index contributed by atoms with van der Waals surface area (Å²) in [5.74, 6) is 2.58. The second kappa shape index (κ2) is 7.73. The van der Waals surface area contributed by atoms with Gasteiger partial charge in [-0.2, -0.15) is 0 Å². The van der Waals surface area contributed by atoms with Gasteiger partial charge in [0.25, 0.3) is 0 Å². The predicted octanol–water partition coefficient (Wildman–Crippen LogP) is 3.60. The zero-order valence-electron chi connectivity index (χ0n) is 16.3. The van der Waals surface area contributed by atoms with Crippen LogP contribution >= 0.6 is 0 Å². The molecule has 0 N–H and O–H groups in total. The minimum Gasteiger partial charge on any atom is -0.462 e. The van der Waals surface area contributed by atoms with Crippen LogP contribution in [0.1, 0.15) is 19.7 Å². The molecule has 3 aromatic rings. The van der Waals surface area contributed by atoms with E-state index in [1.54, 1.807) is 6.20 Å². The van der Waals surface area contributed by atoms with Gasteiger partial charge in [0.1, 0.15) is 17.3 Å². The average molecular weight is 367 g/mol. The Morgan fingerprint density at radius 1 is 0.929 bits per heavy atom. The van der Waals surface area contributed by atoms with Crippen molar-refractivity contribution in [2.75, 3.05) is 0 Å². The van der Waals surface area contributed by atoms with E-state index in [9.17, 15) is 0 Å². The summed E-state index contributed by atoms with van der Waals surface area (Å²) in [7, 11) is 0. The second-order valence-electron chi connectivity index (χ2n) is 6.90. The molecule has 138 valence electrons. The molecular weight excluding hydrogens is 345 g/mol. The van der Waals surface area contributed by atoms with E-state index in [2.05, 4.69) is 34.7 Å². The van der Waals surface area contributed by atoms with Gasteiger partial charge >= 0.3 is 6.85 Å². The number of fused-ring (bicyclic) bond motifs is 1. The van der Waals surface area contributed by atoms with Gasteiger partial charge in [0.15, 0.2) is 0 Å². The number of aromatic nitrogens is 2. The summed E-state index contributed by atoms with van der Waals surface area (Å²) in [4.78, 5) is 9.38. The van der Waals surface area contributed by atoms with E-state index in [1.807, 2.05) is 68.7 Å². The van der Waals surface area contributed by atoms with Crippen LogP contribution in [-0.4, -0.2) is 22.6 Å². The molecule has 0 saturated carbocycles. The quantitative estimate of drug-likeness (QED) is 0.650. The molecule has 0 aliphatic carbocycles. The molecule has 0 atom stereocenters. The Labute approximate surface area is 166 Å². The fourth-order valence-electron chi connectivity index (χ4n) is 3.49. The molecule has 1 aliphatic heterocycles. The van der Waals surface area contributed by atoms with E-state index in [1.165, 1.54) is 0 Å². The third-order valence-corrected chi connectivity index (χ3v) is 4.85. The summed E-state index contributed by atoms with van der Waals surface area (Å²) in [6, 6.07) is 18.4. The van der Waals surface area contributed by atoms with Crippen molar-refractivity contribution in [3.63, 3.8) is 0 Å². The van der Waals surface area contributed by atoms with E-state index >= 15 is 0 Å². The average Bonchev–Trinajstić information content (AvgIpc) is 3.12. The summed E-state index contributed by atoms with van der Waals surface area (Å²) < 4.78 is 8.27. The van der Waals surface area contributed by atoms with Crippen molar-refractivity contribution in [1.82, 2.24) is 9.55 Å². The first kappa shape index (κ1) is 18.0. The molecule has 0 unspecified atom stereocenters. The number of rotatable bonds is 2. The molecular formula is C23H22BN3O. The van der Waals surface area contributed by atoms with Crippen molar-refractivity contribution in [2.45, 2.75) is 20.8 Å². The molecule has 0 radical (unpaired) electrons. The summed E-state index contributed by atoms with van der Waals surface area (Å²) >= 11 is 0. The van der Waals surface area contributed by atoms with Crippen LogP contribution in [0.3, 0.4) is 0 Å². The van der Waals surface area contributed by atoms with Crippen LogP contribution in [-0.2, 0) is 0 Å². The van der Waals surface area contributed by atoms with Crippen LogP contribution in [0.5, 0.6) is 5.75 Å². The Kier molecular flexibility index (Phi) is 4.98. The number of hydrogen-bond acceptors (Lipinski definition) is 3. The number of nitrogens with zero attached hydrogens (tertiary/aromatic N) is 3. The molecule has 5 heteroatoms. The molecule has 4 rings (SSSR count). The van der Waals surface area contributed by atoms with Gasteiger partial charge in [-0.1, -0.05) is 48.5 Å².